The van der Waals surface area contributed by atoms with Crippen LogP contribution in [0.3, 0.4) is 0 Å². The highest BCUT2D eigenvalue weighted by Crippen LogP contribution is 2.13. The number of aromatic nitrogens is 1. The molecule has 1 aromatic rings. The van der Waals surface area contributed by atoms with Crippen LogP contribution in [0.5, 0.6) is 0 Å². The van der Waals surface area contributed by atoms with Gasteiger partial charge in [-0.2, -0.15) is 0 Å². The lowest BCUT2D eigenvalue weighted by atomic mass is 9.94. The fourth-order valence-corrected chi connectivity index (χ4v) is 1.47. The van der Waals surface area contributed by atoms with Crippen LogP contribution in [-0.2, 0) is 0 Å². The van der Waals surface area contributed by atoms with E-state index < -0.39 is 10.5 Å². The van der Waals surface area contributed by atoms with Gasteiger partial charge >= 0.3 is 0 Å². The number of rotatable bonds is 6. The van der Waals surface area contributed by atoms with E-state index in [0.29, 0.717) is 6.54 Å². The molecule has 0 aliphatic carbocycles. The van der Waals surface area contributed by atoms with Crippen LogP contribution in [0.2, 0.25) is 0 Å². The zero-order valence-electron chi connectivity index (χ0n) is 10.5. The van der Waals surface area contributed by atoms with E-state index in [2.05, 4.69) is 10.3 Å². The molecule has 0 unspecified atom stereocenters. The lowest BCUT2D eigenvalue weighted by Gasteiger charge is -2.26. The Morgan fingerprint density at radius 1 is 1.56 bits per heavy atom. The molecule has 1 rings (SSSR count). The van der Waals surface area contributed by atoms with E-state index >= 15 is 0 Å². The quantitative estimate of drug-likeness (QED) is 0.522. The van der Waals surface area contributed by atoms with E-state index in [1.165, 1.54) is 12.3 Å². The fraction of sp³-hybridized carbons (Fsp3) is 0.545. The molecule has 0 aromatic carbocycles. The number of carbonyl (C=O) groups excluding carboxylic acids is 1. The van der Waals surface area contributed by atoms with Crippen LogP contribution in [0.15, 0.2) is 12.3 Å². The Morgan fingerprint density at radius 2 is 2.17 bits per heavy atom. The molecule has 0 aliphatic heterocycles. The highest BCUT2D eigenvalue weighted by molar-refractivity contribution is 5.93. The lowest BCUT2D eigenvalue weighted by molar-refractivity contribution is -0.384. The second kappa shape index (κ2) is 5.63. The predicted octanol–water partition coefficient (Wildman–Crippen LogP) is 1.17. The number of nitro groups is 1. The second-order valence-electron chi connectivity index (χ2n) is 4.28. The summed E-state index contributed by atoms with van der Waals surface area (Å²) in [6, 6.07) is 1.20. The molecule has 0 fully saturated rings. The SMILES string of the molecule is CCC(N)(CC)CNC(=O)c1cc([N+](=O)[O-])c[nH]1. The van der Waals surface area contributed by atoms with E-state index in [1.54, 1.807) is 0 Å². The number of aromatic amines is 1. The van der Waals surface area contributed by atoms with Crippen LogP contribution in [0.25, 0.3) is 0 Å². The van der Waals surface area contributed by atoms with Gasteiger partial charge in [-0.3, -0.25) is 14.9 Å². The van der Waals surface area contributed by atoms with Gasteiger partial charge in [-0.05, 0) is 12.8 Å². The first kappa shape index (κ1) is 14.2. The molecule has 1 amide bonds. The largest absolute Gasteiger partial charge is 0.351 e. The number of hydrogen-bond donors (Lipinski definition) is 3. The monoisotopic (exact) mass is 254 g/mol. The Labute approximate surface area is 105 Å². The smallest absolute Gasteiger partial charge is 0.287 e. The van der Waals surface area contributed by atoms with E-state index in [4.69, 9.17) is 5.73 Å². The van der Waals surface area contributed by atoms with E-state index in [-0.39, 0.29) is 17.3 Å². The minimum Gasteiger partial charge on any atom is -0.351 e. The molecule has 0 radical (unpaired) electrons. The van der Waals surface area contributed by atoms with Crippen molar-refractivity contribution >= 4 is 11.6 Å². The van der Waals surface area contributed by atoms with Crippen molar-refractivity contribution in [2.45, 2.75) is 32.2 Å². The fourth-order valence-electron chi connectivity index (χ4n) is 1.47. The molecule has 0 aliphatic rings. The number of amides is 1. The Bertz CT molecular complexity index is 437. The maximum atomic E-state index is 11.7. The lowest BCUT2D eigenvalue weighted by Crippen LogP contribution is -2.49. The Balaban J connectivity index is 2.62. The first-order chi connectivity index (χ1) is 8.41. The Morgan fingerprint density at radius 3 is 2.61 bits per heavy atom. The number of hydrogen-bond acceptors (Lipinski definition) is 4. The van der Waals surface area contributed by atoms with Crippen LogP contribution in [0.4, 0.5) is 5.69 Å². The van der Waals surface area contributed by atoms with E-state index in [1.807, 2.05) is 13.8 Å². The number of nitrogens with one attached hydrogen (secondary N) is 2. The zero-order chi connectivity index (χ0) is 13.8. The summed E-state index contributed by atoms with van der Waals surface area (Å²) in [5.41, 5.74) is 5.64. The van der Waals surface area contributed by atoms with Crippen molar-refractivity contribution in [3.8, 4) is 0 Å². The standard InChI is InChI=1S/C11H18N4O3/c1-3-11(12,4-2)7-14-10(16)9-5-8(6-13-9)15(17)18/h5-6,13H,3-4,7,12H2,1-2H3,(H,14,16). The summed E-state index contributed by atoms with van der Waals surface area (Å²) in [7, 11) is 0. The zero-order valence-corrected chi connectivity index (χ0v) is 10.5. The molecule has 18 heavy (non-hydrogen) atoms. The molecular weight excluding hydrogens is 236 g/mol. The third-order valence-corrected chi connectivity index (χ3v) is 3.13. The van der Waals surface area contributed by atoms with Gasteiger partial charge in [0.2, 0.25) is 0 Å². The van der Waals surface area contributed by atoms with Gasteiger partial charge < -0.3 is 16.0 Å². The van der Waals surface area contributed by atoms with Crippen LogP contribution in [0.1, 0.15) is 37.2 Å². The first-order valence-corrected chi connectivity index (χ1v) is 5.81. The summed E-state index contributed by atoms with van der Waals surface area (Å²) >= 11 is 0. The van der Waals surface area contributed by atoms with Crippen LogP contribution < -0.4 is 11.1 Å². The summed E-state index contributed by atoms with van der Waals surface area (Å²) in [6.45, 7) is 4.25. The highest BCUT2D eigenvalue weighted by atomic mass is 16.6. The van der Waals surface area contributed by atoms with Crippen molar-refractivity contribution in [1.82, 2.24) is 10.3 Å². The molecule has 7 nitrogen and oxygen atoms in total. The van der Waals surface area contributed by atoms with Crippen LogP contribution in [-0.4, -0.2) is 27.9 Å². The molecule has 4 N–H and O–H groups in total. The number of nitrogens with zero attached hydrogens (tertiary/aromatic N) is 1. The number of nitrogens with two attached hydrogens (primary N) is 1. The molecule has 7 heteroatoms. The van der Waals surface area contributed by atoms with Gasteiger partial charge in [-0.25, -0.2) is 0 Å². The summed E-state index contributed by atoms with van der Waals surface area (Å²) in [6.07, 6.45) is 2.67. The molecule has 0 atom stereocenters. The predicted molar refractivity (Wildman–Crippen MR) is 67.3 cm³/mol. The number of carbonyl (C=O) groups is 1. The molecule has 0 saturated carbocycles. The summed E-state index contributed by atoms with van der Waals surface area (Å²) in [5, 5.41) is 13.2. The molecule has 0 spiro atoms. The van der Waals surface area contributed by atoms with Crippen molar-refractivity contribution in [1.29, 1.82) is 0 Å². The third-order valence-electron chi connectivity index (χ3n) is 3.13. The summed E-state index contributed by atoms with van der Waals surface area (Å²) in [5.74, 6) is -0.389. The summed E-state index contributed by atoms with van der Waals surface area (Å²) < 4.78 is 0. The van der Waals surface area contributed by atoms with Crippen LogP contribution >= 0.6 is 0 Å². The Hall–Kier alpha value is -1.89. The molecular formula is C11H18N4O3. The maximum Gasteiger partial charge on any atom is 0.287 e. The third kappa shape index (κ3) is 3.30. The van der Waals surface area contributed by atoms with E-state index in [0.717, 1.165) is 12.8 Å². The van der Waals surface area contributed by atoms with Crippen molar-refractivity contribution in [3.05, 3.63) is 28.1 Å². The normalized spacial score (nSPS) is 11.3. The first-order valence-electron chi connectivity index (χ1n) is 5.81. The van der Waals surface area contributed by atoms with Gasteiger partial charge in [0.25, 0.3) is 11.6 Å². The average Bonchev–Trinajstić information content (AvgIpc) is 2.85. The van der Waals surface area contributed by atoms with Crippen molar-refractivity contribution in [2.24, 2.45) is 5.73 Å². The minimum atomic E-state index is -0.557. The molecule has 0 bridgehead atoms. The Kier molecular flexibility index (Phi) is 4.43. The van der Waals surface area contributed by atoms with Gasteiger partial charge in [0.15, 0.2) is 0 Å². The van der Waals surface area contributed by atoms with Crippen molar-refractivity contribution in [3.63, 3.8) is 0 Å². The van der Waals surface area contributed by atoms with Gasteiger partial charge in [-0.1, -0.05) is 13.8 Å². The minimum absolute atomic E-state index is 0.134. The highest BCUT2D eigenvalue weighted by Gasteiger charge is 2.22. The molecule has 1 aromatic heterocycles. The van der Waals surface area contributed by atoms with Gasteiger partial charge in [-0.15, -0.1) is 0 Å². The average molecular weight is 254 g/mol. The van der Waals surface area contributed by atoms with Crippen LogP contribution in [0, 0.1) is 10.1 Å². The summed E-state index contributed by atoms with van der Waals surface area (Å²) in [4.78, 5) is 24.2. The topological polar surface area (TPSA) is 114 Å². The van der Waals surface area contributed by atoms with Crippen molar-refractivity contribution < 1.29 is 9.72 Å². The number of H-pyrrole nitrogens is 1. The molecule has 1 heterocycles. The van der Waals surface area contributed by atoms with Gasteiger partial charge in [0, 0.05) is 18.2 Å². The van der Waals surface area contributed by atoms with Gasteiger partial charge in [0.05, 0.1) is 11.1 Å². The molecule has 0 saturated heterocycles. The van der Waals surface area contributed by atoms with E-state index in [9.17, 15) is 14.9 Å². The molecule has 100 valence electrons. The second-order valence-corrected chi connectivity index (χ2v) is 4.28. The van der Waals surface area contributed by atoms with Crippen molar-refractivity contribution in [2.75, 3.05) is 6.54 Å². The maximum absolute atomic E-state index is 11.7. The van der Waals surface area contributed by atoms with Gasteiger partial charge in [0.1, 0.15) is 5.69 Å².